The van der Waals surface area contributed by atoms with Crippen molar-refractivity contribution in [1.29, 1.82) is 5.26 Å². The normalized spacial score (nSPS) is 13.8. The van der Waals surface area contributed by atoms with Gasteiger partial charge in [0.15, 0.2) is 0 Å². The number of nitriles is 1. The molecule has 0 fully saturated rings. The zero-order valence-corrected chi connectivity index (χ0v) is 8.15. The summed E-state index contributed by atoms with van der Waals surface area (Å²) in [4.78, 5) is 13.5. The molecule has 84 valence electrons. The Morgan fingerprint density at radius 2 is 2.31 bits per heavy atom. The zero-order valence-electron chi connectivity index (χ0n) is 8.15. The maximum Gasteiger partial charge on any atom is 0.272 e. The molecule has 1 aromatic heterocycles. The molecule has 0 aliphatic heterocycles. The highest BCUT2D eigenvalue weighted by molar-refractivity contribution is 5.30. The van der Waals surface area contributed by atoms with Crippen LogP contribution in [-0.2, 0) is 0 Å². The summed E-state index contributed by atoms with van der Waals surface area (Å²) in [7, 11) is 0. The van der Waals surface area contributed by atoms with E-state index in [1.807, 2.05) is 0 Å². The van der Waals surface area contributed by atoms with Gasteiger partial charge in [-0.2, -0.15) is 5.26 Å². The Labute approximate surface area is 90.7 Å². The number of aromatic nitrogens is 1. The van der Waals surface area contributed by atoms with Crippen molar-refractivity contribution in [3.63, 3.8) is 0 Å². The fourth-order valence-electron chi connectivity index (χ4n) is 1.11. The van der Waals surface area contributed by atoms with Gasteiger partial charge in [-0.15, -0.1) is 0 Å². The SMILES string of the molecule is N#CCC(O)C(O)c1cc([N+](=O)[O-])ccn1. The topological polar surface area (TPSA) is 120 Å². The number of rotatable bonds is 4. The van der Waals surface area contributed by atoms with Crippen molar-refractivity contribution in [3.05, 3.63) is 34.1 Å². The summed E-state index contributed by atoms with van der Waals surface area (Å²) in [5, 5.41) is 37.6. The van der Waals surface area contributed by atoms with Crippen molar-refractivity contribution < 1.29 is 15.1 Å². The number of hydrogen-bond donors (Lipinski definition) is 2. The van der Waals surface area contributed by atoms with Crippen LogP contribution in [0.1, 0.15) is 18.2 Å². The van der Waals surface area contributed by atoms with Crippen LogP contribution in [0.2, 0.25) is 0 Å². The van der Waals surface area contributed by atoms with Gasteiger partial charge in [-0.25, -0.2) is 0 Å². The molecule has 1 aromatic rings. The zero-order chi connectivity index (χ0) is 12.1. The molecule has 0 saturated carbocycles. The van der Waals surface area contributed by atoms with E-state index in [1.165, 1.54) is 6.07 Å². The van der Waals surface area contributed by atoms with Crippen LogP contribution in [0, 0.1) is 21.4 Å². The molecular formula is C9H9N3O4. The van der Waals surface area contributed by atoms with Gasteiger partial charge in [0.1, 0.15) is 6.10 Å². The van der Waals surface area contributed by atoms with Crippen molar-refractivity contribution in [1.82, 2.24) is 4.98 Å². The van der Waals surface area contributed by atoms with Crippen molar-refractivity contribution in [2.75, 3.05) is 0 Å². The van der Waals surface area contributed by atoms with Crippen LogP contribution in [0.5, 0.6) is 0 Å². The lowest BCUT2D eigenvalue weighted by molar-refractivity contribution is -0.385. The van der Waals surface area contributed by atoms with E-state index in [4.69, 9.17) is 5.26 Å². The molecule has 0 aliphatic rings. The Morgan fingerprint density at radius 3 is 2.88 bits per heavy atom. The van der Waals surface area contributed by atoms with E-state index in [9.17, 15) is 20.3 Å². The number of aliphatic hydroxyl groups excluding tert-OH is 2. The van der Waals surface area contributed by atoms with Crippen LogP contribution in [0.4, 0.5) is 5.69 Å². The van der Waals surface area contributed by atoms with Crippen LogP contribution < -0.4 is 0 Å². The summed E-state index contributed by atoms with van der Waals surface area (Å²) >= 11 is 0. The molecule has 2 unspecified atom stereocenters. The third-order valence-corrected chi connectivity index (χ3v) is 1.94. The fourth-order valence-corrected chi connectivity index (χ4v) is 1.11. The molecule has 2 N–H and O–H groups in total. The van der Waals surface area contributed by atoms with Crippen molar-refractivity contribution in [3.8, 4) is 6.07 Å². The van der Waals surface area contributed by atoms with Crippen LogP contribution in [-0.4, -0.2) is 26.2 Å². The molecule has 0 saturated heterocycles. The molecule has 0 amide bonds. The first-order valence-electron chi connectivity index (χ1n) is 4.39. The van der Waals surface area contributed by atoms with Gasteiger partial charge < -0.3 is 10.2 Å². The molecule has 2 atom stereocenters. The summed E-state index contributed by atoms with van der Waals surface area (Å²) in [6, 6.07) is 3.92. The monoisotopic (exact) mass is 223 g/mol. The average molecular weight is 223 g/mol. The summed E-state index contributed by atoms with van der Waals surface area (Å²) in [6.07, 6.45) is -1.82. The maximum atomic E-state index is 10.5. The Balaban J connectivity index is 2.92. The van der Waals surface area contributed by atoms with E-state index >= 15 is 0 Å². The second kappa shape index (κ2) is 5.16. The van der Waals surface area contributed by atoms with E-state index < -0.39 is 17.1 Å². The van der Waals surface area contributed by atoms with Gasteiger partial charge in [-0.05, 0) is 0 Å². The van der Waals surface area contributed by atoms with Crippen LogP contribution in [0.15, 0.2) is 18.3 Å². The maximum absolute atomic E-state index is 10.5. The van der Waals surface area contributed by atoms with Crippen molar-refractivity contribution >= 4 is 5.69 Å². The van der Waals surface area contributed by atoms with Gasteiger partial charge in [0.2, 0.25) is 0 Å². The predicted octanol–water partition coefficient (Wildman–Crippen LogP) is 0.298. The molecule has 0 aliphatic carbocycles. The number of hydrogen-bond acceptors (Lipinski definition) is 6. The first kappa shape index (κ1) is 12.0. The standard InChI is InChI=1S/C9H9N3O4/c10-3-1-8(13)9(14)7-5-6(12(15)16)2-4-11-7/h2,4-5,8-9,13-14H,1H2. The van der Waals surface area contributed by atoms with Crippen LogP contribution >= 0.6 is 0 Å². The quantitative estimate of drug-likeness (QED) is 0.559. The van der Waals surface area contributed by atoms with Gasteiger partial charge in [0.05, 0.1) is 29.2 Å². The second-order valence-corrected chi connectivity index (χ2v) is 3.07. The highest BCUT2D eigenvalue weighted by Crippen LogP contribution is 2.20. The van der Waals surface area contributed by atoms with Crippen molar-refractivity contribution in [2.24, 2.45) is 0 Å². The van der Waals surface area contributed by atoms with E-state index in [2.05, 4.69) is 4.98 Å². The average Bonchev–Trinajstić information content (AvgIpc) is 2.28. The Kier molecular flexibility index (Phi) is 3.88. The molecular weight excluding hydrogens is 214 g/mol. The first-order chi connectivity index (χ1) is 7.56. The lowest BCUT2D eigenvalue weighted by Gasteiger charge is -2.13. The molecule has 0 radical (unpaired) electrons. The Bertz CT molecular complexity index is 429. The lowest BCUT2D eigenvalue weighted by atomic mass is 10.1. The van der Waals surface area contributed by atoms with E-state index in [1.54, 1.807) is 6.07 Å². The number of nitrogens with zero attached hydrogens (tertiary/aromatic N) is 3. The smallest absolute Gasteiger partial charge is 0.272 e. The van der Waals surface area contributed by atoms with E-state index in [-0.39, 0.29) is 17.8 Å². The third kappa shape index (κ3) is 2.73. The van der Waals surface area contributed by atoms with Gasteiger partial charge >= 0.3 is 0 Å². The predicted molar refractivity (Wildman–Crippen MR) is 52.1 cm³/mol. The van der Waals surface area contributed by atoms with Gasteiger partial charge in [-0.3, -0.25) is 15.1 Å². The van der Waals surface area contributed by atoms with Gasteiger partial charge in [0, 0.05) is 18.3 Å². The Morgan fingerprint density at radius 1 is 1.62 bits per heavy atom. The molecule has 0 aromatic carbocycles. The molecule has 7 nitrogen and oxygen atoms in total. The third-order valence-electron chi connectivity index (χ3n) is 1.94. The highest BCUT2D eigenvalue weighted by atomic mass is 16.6. The van der Waals surface area contributed by atoms with Crippen LogP contribution in [0.25, 0.3) is 0 Å². The van der Waals surface area contributed by atoms with Gasteiger partial charge in [0.25, 0.3) is 5.69 Å². The summed E-state index contributed by atoms with van der Waals surface area (Å²) in [5.41, 5.74) is -0.259. The molecule has 0 spiro atoms. The molecule has 7 heteroatoms. The van der Waals surface area contributed by atoms with E-state index in [0.29, 0.717) is 0 Å². The minimum atomic E-state index is -1.40. The largest absolute Gasteiger partial charge is 0.389 e. The number of nitro groups is 1. The lowest BCUT2D eigenvalue weighted by Crippen LogP contribution is -2.18. The first-order valence-corrected chi connectivity index (χ1v) is 4.39. The molecule has 1 heterocycles. The summed E-state index contributed by atoms with van der Waals surface area (Å²) in [5.74, 6) is 0. The van der Waals surface area contributed by atoms with Crippen LogP contribution in [0.3, 0.4) is 0 Å². The van der Waals surface area contributed by atoms with Gasteiger partial charge in [-0.1, -0.05) is 0 Å². The summed E-state index contributed by atoms with van der Waals surface area (Å²) < 4.78 is 0. The number of aliphatic hydroxyl groups is 2. The van der Waals surface area contributed by atoms with Crippen molar-refractivity contribution in [2.45, 2.75) is 18.6 Å². The minimum absolute atomic E-state index is 0.0306. The molecule has 16 heavy (non-hydrogen) atoms. The van der Waals surface area contributed by atoms with E-state index in [0.717, 1.165) is 12.3 Å². The number of pyridine rings is 1. The fraction of sp³-hybridized carbons (Fsp3) is 0.333. The highest BCUT2D eigenvalue weighted by Gasteiger charge is 2.21. The Hall–Kier alpha value is -2.04. The molecule has 0 bridgehead atoms. The summed E-state index contributed by atoms with van der Waals surface area (Å²) in [6.45, 7) is 0. The molecule has 1 rings (SSSR count). The second-order valence-electron chi connectivity index (χ2n) is 3.07. The minimum Gasteiger partial charge on any atom is -0.389 e.